The molecule has 0 fully saturated rings. The third-order valence-corrected chi connectivity index (χ3v) is 2.44. The average Bonchev–Trinajstić information content (AvgIpc) is 2.33. The molecule has 0 radical (unpaired) electrons. The number of aromatic nitrogens is 2. The molecule has 78 valence electrons. The summed E-state index contributed by atoms with van der Waals surface area (Å²) in [4.78, 5) is 10.7. The predicted octanol–water partition coefficient (Wildman–Crippen LogP) is 0.944. The van der Waals surface area contributed by atoms with Gasteiger partial charge < -0.3 is 5.32 Å². The molecule has 0 aliphatic rings. The number of hydrogen-bond acceptors (Lipinski definition) is 2. The molecule has 0 aliphatic carbocycles. The van der Waals surface area contributed by atoms with Gasteiger partial charge in [0.05, 0.1) is 12.2 Å². The van der Waals surface area contributed by atoms with Crippen molar-refractivity contribution in [2.75, 3.05) is 6.54 Å². The summed E-state index contributed by atoms with van der Waals surface area (Å²) in [6.45, 7) is 9.00. The number of carbonyl (C=O) groups is 1. The fourth-order valence-corrected chi connectivity index (χ4v) is 1.34. The summed E-state index contributed by atoms with van der Waals surface area (Å²) >= 11 is 0. The highest BCUT2D eigenvalue weighted by Gasteiger charge is 2.06. The Kier molecular flexibility index (Phi) is 3.28. The Hall–Kier alpha value is -1.32. The lowest BCUT2D eigenvalue weighted by atomic mass is 10.2. The molecular weight excluding hydrogens is 178 g/mol. The van der Waals surface area contributed by atoms with Crippen LogP contribution in [0.3, 0.4) is 0 Å². The molecule has 14 heavy (non-hydrogen) atoms. The summed E-state index contributed by atoms with van der Waals surface area (Å²) in [6, 6.07) is 0. The molecule has 0 spiro atoms. The number of carbonyl (C=O) groups excluding carboxylic acids is 1. The van der Waals surface area contributed by atoms with E-state index in [2.05, 4.69) is 17.3 Å². The van der Waals surface area contributed by atoms with E-state index in [1.807, 2.05) is 18.5 Å². The lowest BCUT2D eigenvalue weighted by Crippen LogP contribution is -2.25. The number of amides is 1. The Balaban J connectivity index is 2.59. The van der Waals surface area contributed by atoms with E-state index >= 15 is 0 Å². The van der Waals surface area contributed by atoms with E-state index in [0.717, 1.165) is 12.2 Å². The molecule has 0 bridgehead atoms. The van der Waals surface area contributed by atoms with Gasteiger partial charge in [0.2, 0.25) is 5.91 Å². The van der Waals surface area contributed by atoms with Gasteiger partial charge >= 0.3 is 0 Å². The summed E-state index contributed by atoms with van der Waals surface area (Å²) in [6.07, 6.45) is 0. The van der Waals surface area contributed by atoms with E-state index in [0.29, 0.717) is 6.54 Å². The second-order valence-electron chi connectivity index (χ2n) is 3.50. The minimum atomic E-state index is 0.00301. The van der Waals surface area contributed by atoms with Crippen LogP contribution in [-0.2, 0) is 11.3 Å². The van der Waals surface area contributed by atoms with Crippen LogP contribution in [0.4, 0.5) is 0 Å². The minimum Gasteiger partial charge on any atom is -0.354 e. The molecule has 0 unspecified atom stereocenters. The maximum atomic E-state index is 10.7. The Labute approximate surface area is 84.3 Å². The fourth-order valence-electron chi connectivity index (χ4n) is 1.34. The predicted molar refractivity (Wildman–Crippen MR) is 55.1 cm³/mol. The fraction of sp³-hybridized carbons (Fsp3) is 0.600. The zero-order valence-corrected chi connectivity index (χ0v) is 9.22. The van der Waals surface area contributed by atoms with Gasteiger partial charge in [0.25, 0.3) is 0 Å². The molecule has 0 saturated carbocycles. The van der Waals surface area contributed by atoms with Crippen molar-refractivity contribution in [2.24, 2.45) is 0 Å². The maximum absolute atomic E-state index is 10.7. The van der Waals surface area contributed by atoms with Crippen LogP contribution in [0.25, 0.3) is 0 Å². The molecule has 1 amide bonds. The maximum Gasteiger partial charge on any atom is 0.216 e. The van der Waals surface area contributed by atoms with Gasteiger partial charge in [-0.2, -0.15) is 5.10 Å². The second-order valence-corrected chi connectivity index (χ2v) is 3.50. The third-order valence-electron chi connectivity index (χ3n) is 2.44. The summed E-state index contributed by atoms with van der Waals surface area (Å²) in [5, 5.41) is 7.12. The number of nitrogens with one attached hydrogen (secondary N) is 1. The summed E-state index contributed by atoms with van der Waals surface area (Å²) in [5.74, 6) is 0.00301. The first-order chi connectivity index (χ1) is 6.52. The van der Waals surface area contributed by atoms with Gasteiger partial charge in [-0.05, 0) is 26.3 Å². The summed E-state index contributed by atoms with van der Waals surface area (Å²) < 4.78 is 1.93. The Morgan fingerprint density at radius 2 is 2.07 bits per heavy atom. The molecule has 4 nitrogen and oxygen atoms in total. The zero-order chi connectivity index (χ0) is 10.7. The molecule has 1 heterocycles. The van der Waals surface area contributed by atoms with Crippen LogP contribution in [0.15, 0.2) is 0 Å². The highest BCUT2D eigenvalue weighted by Crippen LogP contribution is 2.09. The van der Waals surface area contributed by atoms with Crippen molar-refractivity contribution >= 4 is 5.91 Å². The second kappa shape index (κ2) is 4.26. The first-order valence-corrected chi connectivity index (χ1v) is 4.77. The number of aryl methyl sites for hydroxylation is 1. The van der Waals surface area contributed by atoms with Gasteiger partial charge in [-0.1, -0.05) is 0 Å². The van der Waals surface area contributed by atoms with Crippen molar-refractivity contribution in [3.05, 3.63) is 17.0 Å². The Bertz CT molecular complexity index is 341. The molecular formula is C10H17N3O. The van der Waals surface area contributed by atoms with Crippen molar-refractivity contribution < 1.29 is 4.79 Å². The van der Waals surface area contributed by atoms with Gasteiger partial charge in [0.1, 0.15) is 0 Å². The third kappa shape index (κ3) is 2.34. The van der Waals surface area contributed by atoms with Gasteiger partial charge in [-0.15, -0.1) is 0 Å². The summed E-state index contributed by atoms with van der Waals surface area (Å²) in [7, 11) is 0. The SMILES string of the molecule is CC(=O)NCCn1nc(C)c(C)c1C. The van der Waals surface area contributed by atoms with Gasteiger partial charge in [0.15, 0.2) is 0 Å². The standard InChI is InChI=1S/C10H17N3O/c1-7-8(2)12-13(9(7)3)6-5-11-10(4)14/h5-6H2,1-4H3,(H,11,14). The Morgan fingerprint density at radius 1 is 1.43 bits per heavy atom. The van der Waals surface area contributed by atoms with E-state index in [1.54, 1.807) is 0 Å². The molecule has 0 aliphatic heterocycles. The molecule has 1 rings (SSSR count). The minimum absolute atomic E-state index is 0.00301. The first kappa shape index (κ1) is 10.8. The topological polar surface area (TPSA) is 46.9 Å². The monoisotopic (exact) mass is 195 g/mol. The highest BCUT2D eigenvalue weighted by atomic mass is 16.1. The van der Waals surface area contributed by atoms with Crippen molar-refractivity contribution in [1.29, 1.82) is 0 Å². The van der Waals surface area contributed by atoms with E-state index in [4.69, 9.17) is 0 Å². The van der Waals surface area contributed by atoms with Crippen LogP contribution >= 0.6 is 0 Å². The lowest BCUT2D eigenvalue weighted by molar-refractivity contribution is -0.118. The van der Waals surface area contributed by atoms with E-state index in [9.17, 15) is 4.79 Å². The van der Waals surface area contributed by atoms with Crippen LogP contribution in [0.1, 0.15) is 23.9 Å². The quantitative estimate of drug-likeness (QED) is 0.780. The average molecular weight is 195 g/mol. The van der Waals surface area contributed by atoms with Gasteiger partial charge in [-0.3, -0.25) is 9.48 Å². The molecule has 0 saturated heterocycles. The van der Waals surface area contributed by atoms with E-state index < -0.39 is 0 Å². The lowest BCUT2D eigenvalue weighted by Gasteiger charge is -2.04. The van der Waals surface area contributed by atoms with Crippen LogP contribution in [0, 0.1) is 20.8 Å². The normalized spacial score (nSPS) is 10.3. The molecule has 1 aromatic heterocycles. The molecule has 1 aromatic rings. The Morgan fingerprint density at radius 3 is 2.50 bits per heavy atom. The number of nitrogens with zero attached hydrogens (tertiary/aromatic N) is 2. The molecule has 0 aromatic carbocycles. The van der Waals surface area contributed by atoms with Crippen LogP contribution in [0.2, 0.25) is 0 Å². The van der Waals surface area contributed by atoms with Crippen LogP contribution in [-0.4, -0.2) is 22.2 Å². The van der Waals surface area contributed by atoms with Gasteiger partial charge in [0, 0.05) is 19.2 Å². The molecule has 1 N–H and O–H groups in total. The zero-order valence-electron chi connectivity index (χ0n) is 9.22. The first-order valence-electron chi connectivity index (χ1n) is 4.77. The van der Waals surface area contributed by atoms with E-state index in [1.165, 1.54) is 18.2 Å². The van der Waals surface area contributed by atoms with Crippen molar-refractivity contribution in [3.8, 4) is 0 Å². The van der Waals surface area contributed by atoms with E-state index in [-0.39, 0.29) is 5.91 Å². The smallest absolute Gasteiger partial charge is 0.216 e. The summed E-state index contributed by atoms with van der Waals surface area (Å²) in [5.41, 5.74) is 3.46. The molecule has 0 atom stereocenters. The largest absolute Gasteiger partial charge is 0.354 e. The number of hydrogen-bond donors (Lipinski definition) is 1. The van der Waals surface area contributed by atoms with Crippen molar-refractivity contribution in [2.45, 2.75) is 34.2 Å². The highest BCUT2D eigenvalue weighted by molar-refractivity contribution is 5.72. The van der Waals surface area contributed by atoms with Crippen molar-refractivity contribution in [3.63, 3.8) is 0 Å². The van der Waals surface area contributed by atoms with Crippen LogP contribution < -0.4 is 5.32 Å². The van der Waals surface area contributed by atoms with Crippen LogP contribution in [0.5, 0.6) is 0 Å². The van der Waals surface area contributed by atoms with Gasteiger partial charge in [-0.25, -0.2) is 0 Å². The molecule has 4 heteroatoms. The van der Waals surface area contributed by atoms with Crippen molar-refractivity contribution in [1.82, 2.24) is 15.1 Å². The number of rotatable bonds is 3.